The van der Waals surface area contributed by atoms with Gasteiger partial charge in [-0.2, -0.15) is 18.4 Å². The number of aryl methyl sites for hydroxylation is 2. The molecule has 0 saturated carbocycles. The molecule has 3 aromatic rings. The fourth-order valence-corrected chi connectivity index (χ4v) is 4.45. The number of rotatable bonds is 8. The van der Waals surface area contributed by atoms with Gasteiger partial charge in [-0.05, 0) is 90.9 Å². The van der Waals surface area contributed by atoms with Crippen LogP contribution >= 0.6 is 22.6 Å². The third-order valence-electron chi connectivity index (χ3n) is 5.12. The lowest BCUT2D eigenvalue weighted by Crippen LogP contribution is -2.14. The SMILES string of the molecule is CCOc1cc(/C=C(\C#N)C(=O)Nc2cccc(C(F)(F)F)c2)cc(I)c1OCc1cc(C)cc(C)c1. The number of halogens is 4. The van der Waals surface area contributed by atoms with Crippen molar-refractivity contribution < 1.29 is 27.4 Å². The van der Waals surface area contributed by atoms with Gasteiger partial charge in [-0.1, -0.05) is 35.4 Å². The van der Waals surface area contributed by atoms with Crippen LogP contribution < -0.4 is 14.8 Å². The van der Waals surface area contributed by atoms with Crippen molar-refractivity contribution in [1.29, 1.82) is 5.26 Å². The molecular formula is C28H24F3IN2O3. The van der Waals surface area contributed by atoms with Gasteiger partial charge in [0.25, 0.3) is 5.91 Å². The summed E-state index contributed by atoms with van der Waals surface area (Å²) < 4.78 is 51.5. The zero-order chi connectivity index (χ0) is 27.2. The van der Waals surface area contributed by atoms with Crippen LogP contribution in [0.2, 0.25) is 0 Å². The maximum absolute atomic E-state index is 13.0. The first kappa shape index (κ1) is 28.1. The van der Waals surface area contributed by atoms with E-state index < -0.39 is 17.6 Å². The van der Waals surface area contributed by atoms with Crippen molar-refractivity contribution in [2.45, 2.75) is 33.6 Å². The molecule has 0 bridgehead atoms. The van der Waals surface area contributed by atoms with Crippen LogP contribution in [0.3, 0.4) is 0 Å². The predicted octanol–water partition coefficient (Wildman–Crippen LogP) is 7.45. The van der Waals surface area contributed by atoms with Crippen LogP contribution in [0.4, 0.5) is 18.9 Å². The molecule has 0 atom stereocenters. The van der Waals surface area contributed by atoms with E-state index in [9.17, 15) is 23.2 Å². The van der Waals surface area contributed by atoms with E-state index in [4.69, 9.17) is 9.47 Å². The van der Waals surface area contributed by atoms with Gasteiger partial charge >= 0.3 is 6.18 Å². The van der Waals surface area contributed by atoms with Crippen LogP contribution in [0.1, 0.15) is 34.7 Å². The fraction of sp³-hybridized carbons (Fsp3) is 0.214. The molecule has 9 heteroatoms. The largest absolute Gasteiger partial charge is 0.490 e. The van der Waals surface area contributed by atoms with Crippen LogP contribution in [0.15, 0.2) is 60.2 Å². The Morgan fingerprint density at radius 3 is 2.41 bits per heavy atom. The molecule has 1 N–H and O–H groups in total. The number of carbonyl (C=O) groups is 1. The van der Waals surface area contributed by atoms with Crippen LogP contribution in [-0.2, 0) is 17.6 Å². The van der Waals surface area contributed by atoms with E-state index in [0.717, 1.165) is 28.8 Å². The number of hydrogen-bond acceptors (Lipinski definition) is 4. The molecule has 0 aliphatic carbocycles. The van der Waals surface area contributed by atoms with E-state index in [1.807, 2.05) is 39.0 Å². The molecular weight excluding hydrogens is 596 g/mol. The number of nitriles is 1. The van der Waals surface area contributed by atoms with Crippen molar-refractivity contribution in [3.8, 4) is 17.6 Å². The predicted molar refractivity (Wildman–Crippen MR) is 144 cm³/mol. The second kappa shape index (κ2) is 12.1. The maximum atomic E-state index is 13.0. The number of nitrogens with one attached hydrogen (secondary N) is 1. The van der Waals surface area contributed by atoms with Crippen LogP contribution in [0, 0.1) is 28.7 Å². The molecule has 0 aliphatic heterocycles. The molecule has 0 heterocycles. The smallest absolute Gasteiger partial charge is 0.416 e. The minimum absolute atomic E-state index is 0.0688. The highest BCUT2D eigenvalue weighted by Crippen LogP contribution is 2.36. The normalized spacial score (nSPS) is 11.6. The molecule has 0 radical (unpaired) electrons. The van der Waals surface area contributed by atoms with E-state index in [-0.39, 0.29) is 11.3 Å². The monoisotopic (exact) mass is 620 g/mol. The van der Waals surface area contributed by atoms with E-state index in [1.54, 1.807) is 12.1 Å². The number of anilines is 1. The highest BCUT2D eigenvalue weighted by atomic mass is 127. The molecule has 5 nitrogen and oxygen atoms in total. The van der Waals surface area contributed by atoms with Gasteiger partial charge < -0.3 is 14.8 Å². The number of nitrogens with zero attached hydrogens (tertiary/aromatic N) is 1. The van der Waals surface area contributed by atoms with Crippen LogP contribution in [0.25, 0.3) is 6.08 Å². The molecule has 0 saturated heterocycles. The number of benzene rings is 3. The number of ether oxygens (including phenoxy) is 2. The van der Waals surface area contributed by atoms with Crippen molar-refractivity contribution in [2.75, 3.05) is 11.9 Å². The lowest BCUT2D eigenvalue weighted by atomic mass is 10.1. The van der Waals surface area contributed by atoms with Crippen molar-refractivity contribution in [1.82, 2.24) is 0 Å². The number of carbonyl (C=O) groups excluding carboxylic acids is 1. The Bertz CT molecular complexity index is 1360. The summed E-state index contributed by atoms with van der Waals surface area (Å²) in [5.74, 6) is 0.149. The number of alkyl halides is 3. The molecule has 0 unspecified atom stereocenters. The first-order chi connectivity index (χ1) is 17.5. The Morgan fingerprint density at radius 1 is 1.08 bits per heavy atom. The average molecular weight is 620 g/mol. The summed E-state index contributed by atoms with van der Waals surface area (Å²) in [6.07, 6.45) is -3.20. The van der Waals surface area contributed by atoms with Gasteiger partial charge in [-0.25, -0.2) is 0 Å². The second-order valence-corrected chi connectivity index (χ2v) is 9.41. The standard InChI is InChI=1S/C28H24F3IN2O3/c1-4-36-25-13-19(12-24(32)26(25)37-16-20-9-17(2)8-18(3)10-20)11-21(15-33)27(35)34-23-7-5-6-22(14-23)28(29,30)31/h5-14H,4,16H2,1-3H3,(H,34,35)/b21-11+. The van der Waals surface area contributed by atoms with Crippen molar-refractivity contribution >= 4 is 40.3 Å². The topological polar surface area (TPSA) is 71.3 Å². The lowest BCUT2D eigenvalue weighted by molar-refractivity contribution is -0.137. The Morgan fingerprint density at radius 2 is 1.78 bits per heavy atom. The maximum Gasteiger partial charge on any atom is 0.416 e. The minimum atomic E-state index is -4.55. The van der Waals surface area contributed by atoms with Gasteiger partial charge in [0.2, 0.25) is 0 Å². The van der Waals surface area contributed by atoms with E-state index in [0.29, 0.717) is 33.8 Å². The molecule has 3 aromatic carbocycles. The molecule has 0 spiro atoms. The summed E-state index contributed by atoms with van der Waals surface area (Å²) in [6, 6.07) is 15.6. The molecule has 192 valence electrons. The van der Waals surface area contributed by atoms with Crippen LogP contribution in [0.5, 0.6) is 11.5 Å². The Balaban J connectivity index is 1.85. The summed E-state index contributed by atoms with van der Waals surface area (Å²) in [6.45, 7) is 6.55. The first-order valence-corrected chi connectivity index (χ1v) is 12.3. The third-order valence-corrected chi connectivity index (χ3v) is 5.92. The Hall–Kier alpha value is -3.52. The van der Waals surface area contributed by atoms with Crippen molar-refractivity contribution in [2.24, 2.45) is 0 Å². The van der Waals surface area contributed by atoms with Crippen LogP contribution in [-0.4, -0.2) is 12.5 Å². The van der Waals surface area contributed by atoms with Gasteiger partial charge in [0.05, 0.1) is 15.7 Å². The first-order valence-electron chi connectivity index (χ1n) is 11.3. The number of hydrogen-bond donors (Lipinski definition) is 1. The summed E-state index contributed by atoms with van der Waals surface area (Å²) in [4.78, 5) is 12.6. The van der Waals surface area contributed by atoms with Gasteiger partial charge in [0, 0.05) is 5.69 Å². The van der Waals surface area contributed by atoms with E-state index in [2.05, 4.69) is 34.0 Å². The highest BCUT2D eigenvalue weighted by molar-refractivity contribution is 14.1. The van der Waals surface area contributed by atoms with E-state index >= 15 is 0 Å². The fourth-order valence-electron chi connectivity index (χ4n) is 3.67. The minimum Gasteiger partial charge on any atom is -0.490 e. The van der Waals surface area contributed by atoms with E-state index in [1.165, 1.54) is 18.2 Å². The van der Waals surface area contributed by atoms with Crippen molar-refractivity contribution in [3.05, 3.63) is 91.6 Å². The molecule has 0 aromatic heterocycles. The summed E-state index contributed by atoms with van der Waals surface area (Å²) in [5, 5.41) is 11.9. The van der Waals surface area contributed by atoms with Gasteiger partial charge in [-0.3, -0.25) is 4.79 Å². The average Bonchev–Trinajstić information content (AvgIpc) is 2.81. The van der Waals surface area contributed by atoms with Gasteiger partial charge in [0.1, 0.15) is 18.2 Å². The Kier molecular flexibility index (Phi) is 9.21. The lowest BCUT2D eigenvalue weighted by Gasteiger charge is -2.15. The van der Waals surface area contributed by atoms with Gasteiger partial charge in [-0.15, -0.1) is 0 Å². The molecule has 37 heavy (non-hydrogen) atoms. The molecule has 3 rings (SSSR count). The molecule has 0 aliphatic rings. The molecule has 0 fully saturated rings. The molecule has 1 amide bonds. The zero-order valence-electron chi connectivity index (χ0n) is 20.4. The summed E-state index contributed by atoms with van der Waals surface area (Å²) in [5.41, 5.74) is 2.53. The van der Waals surface area contributed by atoms with Crippen molar-refractivity contribution in [3.63, 3.8) is 0 Å². The summed E-state index contributed by atoms with van der Waals surface area (Å²) in [7, 11) is 0. The third kappa shape index (κ3) is 7.73. The van der Waals surface area contributed by atoms with Gasteiger partial charge in [0.15, 0.2) is 11.5 Å². The number of amides is 1. The second-order valence-electron chi connectivity index (χ2n) is 8.25. The quantitative estimate of drug-likeness (QED) is 0.161. The Labute approximate surface area is 227 Å². The zero-order valence-corrected chi connectivity index (χ0v) is 22.5. The highest BCUT2D eigenvalue weighted by Gasteiger charge is 2.30. The summed E-state index contributed by atoms with van der Waals surface area (Å²) >= 11 is 2.09.